The van der Waals surface area contributed by atoms with Gasteiger partial charge in [-0.15, -0.1) is 0 Å². The first-order valence-corrected chi connectivity index (χ1v) is 15.7. The molecule has 2 amide bonds. The molecule has 1 atom stereocenters. The van der Waals surface area contributed by atoms with Gasteiger partial charge in [0.05, 0.1) is 29.1 Å². The summed E-state index contributed by atoms with van der Waals surface area (Å²) in [4.78, 5) is 29.1. The van der Waals surface area contributed by atoms with Crippen molar-refractivity contribution in [3.8, 4) is 5.75 Å². The lowest BCUT2D eigenvalue weighted by Gasteiger charge is -2.34. The van der Waals surface area contributed by atoms with Gasteiger partial charge in [-0.05, 0) is 54.3 Å². The Labute approximate surface area is 252 Å². The van der Waals surface area contributed by atoms with Crippen molar-refractivity contribution in [3.63, 3.8) is 0 Å². The number of anilines is 1. The topological polar surface area (TPSA) is 96.0 Å². The SMILES string of the molecule is CCCNC(=O)[C@@H](Cc1ccccc1)N(Cc1ccc(Cl)c(Cl)c1)C(=O)CN(c1cc(C)ccc1OC)S(C)(=O)=O. The number of methoxy groups -OCH3 is 1. The number of carbonyl (C=O) groups is 2. The lowest BCUT2D eigenvalue weighted by atomic mass is 10.0. The summed E-state index contributed by atoms with van der Waals surface area (Å²) in [7, 11) is -2.50. The Morgan fingerprint density at radius 3 is 2.29 bits per heavy atom. The molecule has 220 valence electrons. The van der Waals surface area contributed by atoms with Gasteiger partial charge in [0.1, 0.15) is 18.3 Å². The van der Waals surface area contributed by atoms with E-state index in [0.29, 0.717) is 34.3 Å². The molecule has 3 aromatic carbocycles. The molecule has 0 aliphatic heterocycles. The normalized spacial score (nSPS) is 12.0. The Bertz CT molecular complexity index is 1470. The number of aryl methyl sites for hydroxylation is 1. The molecule has 11 heteroatoms. The van der Waals surface area contributed by atoms with E-state index >= 15 is 0 Å². The fraction of sp³-hybridized carbons (Fsp3) is 0.333. The van der Waals surface area contributed by atoms with Crippen molar-refractivity contribution in [2.24, 2.45) is 0 Å². The van der Waals surface area contributed by atoms with E-state index in [9.17, 15) is 18.0 Å². The molecule has 0 saturated carbocycles. The van der Waals surface area contributed by atoms with E-state index in [0.717, 1.165) is 21.7 Å². The van der Waals surface area contributed by atoms with Crippen molar-refractivity contribution in [2.45, 2.75) is 39.3 Å². The van der Waals surface area contributed by atoms with Crippen molar-refractivity contribution in [1.29, 1.82) is 0 Å². The molecule has 0 saturated heterocycles. The van der Waals surface area contributed by atoms with Crippen LogP contribution in [0.1, 0.15) is 30.0 Å². The minimum absolute atomic E-state index is 0.00464. The van der Waals surface area contributed by atoms with Crippen LogP contribution < -0.4 is 14.4 Å². The monoisotopic (exact) mass is 619 g/mol. The summed E-state index contributed by atoms with van der Waals surface area (Å²) in [5.74, 6) is -0.618. The summed E-state index contributed by atoms with van der Waals surface area (Å²) in [6, 6.07) is 18.4. The zero-order valence-corrected chi connectivity index (χ0v) is 25.9. The van der Waals surface area contributed by atoms with Gasteiger partial charge in [0.2, 0.25) is 21.8 Å². The Morgan fingerprint density at radius 2 is 1.68 bits per heavy atom. The molecular weight excluding hydrogens is 585 g/mol. The van der Waals surface area contributed by atoms with Crippen molar-refractivity contribution >= 4 is 50.7 Å². The quantitative estimate of drug-likeness (QED) is 0.282. The van der Waals surface area contributed by atoms with Crippen LogP contribution in [0.4, 0.5) is 5.69 Å². The Balaban J connectivity index is 2.10. The van der Waals surface area contributed by atoms with Crippen LogP contribution in [0.3, 0.4) is 0 Å². The molecule has 0 aliphatic carbocycles. The van der Waals surface area contributed by atoms with E-state index in [-0.39, 0.29) is 24.6 Å². The zero-order chi connectivity index (χ0) is 30.2. The van der Waals surface area contributed by atoms with E-state index < -0.39 is 28.5 Å². The highest BCUT2D eigenvalue weighted by molar-refractivity contribution is 7.92. The molecule has 1 N–H and O–H groups in total. The molecule has 3 rings (SSSR count). The van der Waals surface area contributed by atoms with Gasteiger partial charge in [-0.1, -0.05) is 72.6 Å². The fourth-order valence-corrected chi connectivity index (χ4v) is 5.51. The van der Waals surface area contributed by atoms with Crippen LogP contribution in [0.25, 0.3) is 0 Å². The minimum Gasteiger partial charge on any atom is -0.495 e. The molecule has 3 aromatic rings. The highest BCUT2D eigenvalue weighted by Gasteiger charge is 2.33. The van der Waals surface area contributed by atoms with Gasteiger partial charge in [0.15, 0.2) is 0 Å². The first kappa shape index (κ1) is 32.2. The molecular formula is C30H35Cl2N3O5S. The van der Waals surface area contributed by atoms with Crippen LogP contribution in [-0.4, -0.2) is 57.6 Å². The molecule has 0 spiro atoms. The predicted molar refractivity (Wildman–Crippen MR) is 164 cm³/mol. The zero-order valence-electron chi connectivity index (χ0n) is 23.6. The Morgan fingerprint density at radius 1 is 0.976 bits per heavy atom. The second-order valence-electron chi connectivity index (χ2n) is 9.71. The summed E-state index contributed by atoms with van der Waals surface area (Å²) in [6.07, 6.45) is 1.95. The number of sulfonamides is 1. The molecule has 0 unspecified atom stereocenters. The standard InChI is InChI=1S/C30H35Cl2N3O5S/c1-5-15-33-30(37)27(18-22-9-7-6-8-10-22)34(19-23-12-13-24(31)25(32)17-23)29(36)20-35(41(4,38)39)26-16-21(2)11-14-28(26)40-3/h6-14,16-17,27H,5,15,18-20H2,1-4H3,(H,33,37)/t27-/m1/s1. The number of benzene rings is 3. The largest absolute Gasteiger partial charge is 0.495 e. The van der Waals surface area contributed by atoms with E-state index in [2.05, 4.69) is 5.32 Å². The van der Waals surface area contributed by atoms with Crippen LogP contribution in [0, 0.1) is 6.92 Å². The summed E-state index contributed by atoms with van der Waals surface area (Å²) in [6.45, 7) is 3.62. The number of carbonyl (C=O) groups excluding carboxylic acids is 2. The van der Waals surface area contributed by atoms with Gasteiger partial charge in [-0.25, -0.2) is 8.42 Å². The number of rotatable bonds is 13. The molecule has 41 heavy (non-hydrogen) atoms. The number of ether oxygens (including phenoxy) is 1. The van der Waals surface area contributed by atoms with Gasteiger partial charge >= 0.3 is 0 Å². The maximum atomic E-state index is 14.2. The van der Waals surface area contributed by atoms with E-state index in [4.69, 9.17) is 27.9 Å². The van der Waals surface area contributed by atoms with Gasteiger partial charge in [-0.2, -0.15) is 0 Å². The Kier molecular flexibility index (Phi) is 11.5. The highest BCUT2D eigenvalue weighted by Crippen LogP contribution is 2.31. The maximum absolute atomic E-state index is 14.2. The summed E-state index contributed by atoms with van der Waals surface area (Å²) < 4.78 is 32.5. The fourth-order valence-electron chi connectivity index (χ4n) is 4.34. The van der Waals surface area contributed by atoms with Crippen LogP contribution in [0.15, 0.2) is 66.7 Å². The Hall–Kier alpha value is -3.27. The predicted octanol–water partition coefficient (Wildman–Crippen LogP) is 5.24. The van der Waals surface area contributed by atoms with E-state index in [1.54, 1.807) is 36.4 Å². The third-order valence-corrected chi connectivity index (χ3v) is 8.30. The molecule has 8 nitrogen and oxygen atoms in total. The third kappa shape index (κ3) is 8.86. The first-order valence-electron chi connectivity index (χ1n) is 13.1. The molecule has 0 radical (unpaired) electrons. The van der Waals surface area contributed by atoms with Crippen molar-refractivity contribution < 1.29 is 22.7 Å². The molecule has 0 bridgehead atoms. The van der Waals surface area contributed by atoms with Gasteiger partial charge in [0.25, 0.3) is 0 Å². The van der Waals surface area contributed by atoms with Gasteiger partial charge in [0, 0.05) is 19.5 Å². The number of amides is 2. The number of nitrogens with one attached hydrogen (secondary N) is 1. The maximum Gasteiger partial charge on any atom is 0.244 e. The second-order valence-corrected chi connectivity index (χ2v) is 12.4. The van der Waals surface area contributed by atoms with Crippen LogP contribution in [-0.2, 0) is 32.6 Å². The minimum atomic E-state index is -3.93. The lowest BCUT2D eigenvalue weighted by Crippen LogP contribution is -2.53. The van der Waals surface area contributed by atoms with Crippen molar-refractivity contribution in [1.82, 2.24) is 10.2 Å². The van der Waals surface area contributed by atoms with Crippen molar-refractivity contribution in [3.05, 3.63) is 93.5 Å². The number of nitrogens with zero attached hydrogens (tertiary/aromatic N) is 2. The highest BCUT2D eigenvalue weighted by atomic mass is 35.5. The lowest BCUT2D eigenvalue weighted by molar-refractivity contribution is -0.140. The van der Waals surface area contributed by atoms with Crippen LogP contribution in [0.2, 0.25) is 10.0 Å². The average molecular weight is 621 g/mol. The summed E-state index contributed by atoms with van der Waals surface area (Å²) in [5, 5.41) is 3.55. The van der Waals surface area contributed by atoms with Crippen LogP contribution >= 0.6 is 23.2 Å². The molecule has 0 aromatic heterocycles. The molecule has 0 fully saturated rings. The summed E-state index contributed by atoms with van der Waals surface area (Å²) in [5.41, 5.74) is 2.49. The number of halogens is 2. The first-order chi connectivity index (χ1) is 19.4. The van der Waals surface area contributed by atoms with Gasteiger partial charge in [-0.3, -0.25) is 13.9 Å². The molecule has 0 aliphatic rings. The molecule has 0 heterocycles. The van der Waals surface area contributed by atoms with E-state index in [1.165, 1.54) is 12.0 Å². The smallest absolute Gasteiger partial charge is 0.244 e. The third-order valence-electron chi connectivity index (χ3n) is 6.44. The number of hydrogen-bond donors (Lipinski definition) is 1. The van der Waals surface area contributed by atoms with E-state index in [1.807, 2.05) is 44.2 Å². The van der Waals surface area contributed by atoms with Crippen LogP contribution in [0.5, 0.6) is 5.75 Å². The summed E-state index contributed by atoms with van der Waals surface area (Å²) >= 11 is 12.4. The van der Waals surface area contributed by atoms with Gasteiger partial charge < -0.3 is 15.0 Å². The average Bonchev–Trinajstić information content (AvgIpc) is 2.94. The van der Waals surface area contributed by atoms with Crippen molar-refractivity contribution in [2.75, 3.05) is 30.8 Å². The number of hydrogen-bond acceptors (Lipinski definition) is 5. The second kappa shape index (κ2) is 14.6.